The predicted octanol–water partition coefficient (Wildman–Crippen LogP) is 3.26. The third-order valence-corrected chi connectivity index (χ3v) is 4.64. The lowest BCUT2D eigenvalue weighted by Crippen LogP contribution is -2.38. The molecule has 0 amide bonds. The number of hydrogen-bond acceptors (Lipinski definition) is 4. The summed E-state index contributed by atoms with van der Waals surface area (Å²) in [5.41, 5.74) is 0. The first-order valence-electron chi connectivity index (χ1n) is 9.46. The average Bonchev–Trinajstić information content (AvgIpc) is 3.25. The van der Waals surface area contributed by atoms with Crippen molar-refractivity contribution < 1.29 is 4.52 Å². The highest BCUT2D eigenvalue weighted by molar-refractivity contribution is 5.79. The number of guanidine groups is 1. The molecule has 0 spiro atoms. The fourth-order valence-electron chi connectivity index (χ4n) is 3.17. The van der Waals surface area contributed by atoms with E-state index in [-0.39, 0.29) is 0 Å². The lowest BCUT2D eigenvalue weighted by Gasteiger charge is -2.13. The summed E-state index contributed by atoms with van der Waals surface area (Å²) in [5, 5.41) is 10.7. The van der Waals surface area contributed by atoms with Crippen LogP contribution in [0, 0.1) is 5.92 Å². The molecule has 0 aliphatic heterocycles. The molecule has 0 bridgehead atoms. The van der Waals surface area contributed by atoms with Gasteiger partial charge in [0.1, 0.15) is 0 Å². The van der Waals surface area contributed by atoms with Gasteiger partial charge < -0.3 is 15.2 Å². The molecule has 6 nitrogen and oxygen atoms in total. The summed E-state index contributed by atoms with van der Waals surface area (Å²) in [6.07, 6.45) is 10.0. The molecule has 1 heterocycles. The van der Waals surface area contributed by atoms with Gasteiger partial charge in [-0.05, 0) is 25.2 Å². The Hall–Kier alpha value is -1.59. The zero-order valence-corrected chi connectivity index (χ0v) is 15.5. The Balaban J connectivity index is 1.54. The molecule has 0 unspecified atom stereocenters. The van der Waals surface area contributed by atoms with Crippen LogP contribution >= 0.6 is 0 Å². The maximum atomic E-state index is 5.25. The Morgan fingerprint density at radius 2 is 1.92 bits per heavy atom. The van der Waals surface area contributed by atoms with Gasteiger partial charge in [0.25, 0.3) is 0 Å². The van der Waals surface area contributed by atoms with Crippen LogP contribution in [0.1, 0.15) is 76.4 Å². The standard InChI is InChI=1S/C18H33N5O/c1-14(2)17-22-16(24-23-17)11-7-13-21-18(19-3)20-12-6-10-15-8-4-5-9-15/h14-15H,4-13H2,1-3H3,(H2,19,20,21). The van der Waals surface area contributed by atoms with Crippen molar-refractivity contribution in [2.24, 2.45) is 10.9 Å². The van der Waals surface area contributed by atoms with Crippen LogP contribution in [0.5, 0.6) is 0 Å². The summed E-state index contributed by atoms with van der Waals surface area (Å²) >= 11 is 0. The topological polar surface area (TPSA) is 75.3 Å². The van der Waals surface area contributed by atoms with Crippen LogP contribution in [0.4, 0.5) is 0 Å². The van der Waals surface area contributed by atoms with Gasteiger partial charge in [-0.2, -0.15) is 4.98 Å². The molecule has 1 saturated carbocycles. The number of rotatable bonds is 9. The van der Waals surface area contributed by atoms with Crippen molar-refractivity contribution in [2.45, 2.75) is 71.1 Å². The third-order valence-electron chi connectivity index (χ3n) is 4.64. The highest BCUT2D eigenvalue weighted by Crippen LogP contribution is 2.28. The smallest absolute Gasteiger partial charge is 0.226 e. The Morgan fingerprint density at radius 1 is 1.21 bits per heavy atom. The number of aromatic nitrogens is 2. The summed E-state index contributed by atoms with van der Waals surface area (Å²) in [5.74, 6) is 3.67. The van der Waals surface area contributed by atoms with Crippen LogP contribution in [0.3, 0.4) is 0 Å². The zero-order chi connectivity index (χ0) is 17.2. The van der Waals surface area contributed by atoms with E-state index in [1.54, 1.807) is 0 Å². The van der Waals surface area contributed by atoms with Crippen molar-refractivity contribution >= 4 is 5.96 Å². The molecule has 1 aromatic rings. The van der Waals surface area contributed by atoms with Crippen molar-refractivity contribution in [1.82, 2.24) is 20.8 Å². The van der Waals surface area contributed by atoms with E-state index < -0.39 is 0 Å². The molecule has 136 valence electrons. The van der Waals surface area contributed by atoms with Crippen molar-refractivity contribution in [1.29, 1.82) is 0 Å². The monoisotopic (exact) mass is 335 g/mol. The van der Waals surface area contributed by atoms with Crippen LogP contribution in [0.25, 0.3) is 0 Å². The van der Waals surface area contributed by atoms with Crippen LogP contribution in [-0.2, 0) is 6.42 Å². The molecule has 0 aromatic carbocycles. The van der Waals surface area contributed by atoms with E-state index in [0.29, 0.717) is 5.92 Å². The van der Waals surface area contributed by atoms with E-state index in [1.807, 2.05) is 7.05 Å². The molecule has 24 heavy (non-hydrogen) atoms. The van der Waals surface area contributed by atoms with E-state index in [1.165, 1.54) is 38.5 Å². The first-order chi connectivity index (χ1) is 11.7. The minimum atomic E-state index is 0.313. The third kappa shape index (κ3) is 6.49. The van der Waals surface area contributed by atoms with E-state index >= 15 is 0 Å². The Morgan fingerprint density at radius 3 is 2.54 bits per heavy atom. The van der Waals surface area contributed by atoms with E-state index in [9.17, 15) is 0 Å². The Labute approximate surface area is 145 Å². The largest absolute Gasteiger partial charge is 0.356 e. The first-order valence-corrected chi connectivity index (χ1v) is 9.46. The molecular weight excluding hydrogens is 302 g/mol. The van der Waals surface area contributed by atoms with Gasteiger partial charge in [0.15, 0.2) is 11.8 Å². The number of hydrogen-bond donors (Lipinski definition) is 2. The number of nitrogens with one attached hydrogen (secondary N) is 2. The number of aliphatic imine (C=N–C) groups is 1. The lowest BCUT2D eigenvalue weighted by molar-refractivity contribution is 0.368. The van der Waals surface area contributed by atoms with E-state index in [2.05, 4.69) is 39.6 Å². The Bertz CT molecular complexity index is 491. The van der Waals surface area contributed by atoms with Gasteiger partial charge in [-0.1, -0.05) is 44.7 Å². The Kier molecular flexibility index (Phi) is 8.05. The number of nitrogens with zero attached hydrogens (tertiary/aromatic N) is 3. The minimum Gasteiger partial charge on any atom is -0.356 e. The van der Waals surface area contributed by atoms with Crippen LogP contribution in [-0.4, -0.2) is 36.2 Å². The summed E-state index contributed by atoms with van der Waals surface area (Å²) in [6.45, 7) is 5.98. The van der Waals surface area contributed by atoms with Crippen molar-refractivity contribution in [3.8, 4) is 0 Å². The molecule has 6 heteroatoms. The van der Waals surface area contributed by atoms with Gasteiger partial charge >= 0.3 is 0 Å². The maximum Gasteiger partial charge on any atom is 0.226 e. The van der Waals surface area contributed by atoms with Crippen molar-refractivity contribution in [2.75, 3.05) is 20.1 Å². The van der Waals surface area contributed by atoms with Gasteiger partial charge in [0.2, 0.25) is 5.89 Å². The quantitative estimate of drug-likeness (QED) is 0.411. The highest BCUT2D eigenvalue weighted by Gasteiger charge is 2.14. The maximum absolute atomic E-state index is 5.25. The molecule has 1 aliphatic carbocycles. The van der Waals surface area contributed by atoms with Crippen LogP contribution in [0.15, 0.2) is 9.52 Å². The summed E-state index contributed by atoms with van der Waals surface area (Å²) < 4.78 is 5.25. The minimum absolute atomic E-state index is 0.313. The number of aryl methyl sites for hydroxylation is 1. The van der Waals surface area contributed by atoms with Crippen molar-refractivity contribution in [3.05, 3.63) is 11.7 Å². The molecular formula is C18H33N5O. The van der Waals surface area contributed by atoms with Crippen molar-refractivity contribution in [3.63, 3.8) is 0 Å². The average molecular weight is 335 g/mol. The second kappa shape index (κ2) is 10.3. The van der Waals surface area contributed by atoms with Gasteiger partial charge in [0.05, 0.1) is 0 Å². The molecule has 0 radical (unpaired) electrons. The second-order valence-corrected chi connectivity index (χ2v) is 7.02. The molecule has 0 saturated heterocycles. The fraction of sp³-hybridized carbons (Fsp3) is 0.833. The van der Waals surface area contributed by atoms with Gasteiger partial charge in [-0.3, -0.25) is 4.99 Å². The molecule has 1 fully saturated rings. The lowest BCUT2D eigenvalue weighted by atomic mass is 10.0. The summed E-state index contributed by atoms with van der Waals surface area (Å²) in [6, 6.07) is 0. The molecule has 2 rings (SSSR count). The SMILES string of the molecule is CN=C(NCCCc1nc(C(C)C)no1)NCCCC1CCCC1. The van der Waals surface area contributed by atoms with Gasteiger partial charge in [0, 0.05) is 32.5 Å². The summed E-state index contributed by atoms with van der Waals surface area (Å²) in [4.78, 5) is 8.67. The van der Waals surface area contributed by atoms with Crippen LogP contribution < -0.4 is 10.6 Å². The fourth-order valence-corrected chi connectivity index (χ4v) is 3.17. The zero-order valence-electron chi connectivity index (χ0n) is 15.5. The predicted molar refractivity (Wildman–Crippen MR) is 97.3 cm³/mol. The summed E-state index contributed by atoms with van der Waals surface area (Å²) in [7, 11) is 1.82. The first kappa shape index (κ1) is 18.7. The molecule has 2 N–H and O–H groups in total. The molecule has 1 aromatic heterocycles. The van der Waals surface area contributed by atoms with Gasteiger partial charge in [-0.15, -0.1) is 0 Å². The second-order valence-electron chi connectivity index (χ2n) is 7.02. The molecule has 1 aliphatic rings. The van der Waals surface area contributed by atoms with Gasteiger partial charge in [-0.25, -0.2) is 0 Å². The highest BCUT2D eigenvalue weighted by atomic mass is 16.5. The van der Waals surface area contributed by atoms with E-state index in [4.69, 9.17) is 4.52 Å². The molecule has 0 atom stereocenters. The van der Waals surface area contributed by atoms with E-state index in [0.717, 1.165) is 49.5 Å². The van der Waals surface area contributed by atoms with Crippen LogP contribution in [0.2, 0.25) is 0 Å². The normalized spacial score (nSPS) is 16.1.